The van der Waals surface area contributed by atoms with E-state index >= 15 is 0 Å². The Balaban J connectivity index is 1.82. The van der Waals surface area contributed by atoms with Crippen LogP contribution in [-0.4, -0.2) is 85.3 Å². The number of aliphatic hydroxyl groups is 1. The van der Waals surface area contributed by atoms with E-state index in [-0.39, 0.29) is 18.6 Å². The van der Waals surface area contributed by atoms with Crippen molar-refractivity contribution in [3.8, 4) is 0 Å². The Bertz CT molecular complexity index is 292. The third kappa shape index (κ3) is 4.14. The van der Waals surface area contributed by atoms with Gasteiger partial charge in [0.15, 0.2) is 0 Å². The lowest BCUT2D eigenvalue weighted by Gasteiger charge is -2.32. The lowest BCUT2D eigenvalue weighted by Crippen LogP contribution is -2.59. The average molecular weight is 270 g/mol. The molecule has 2 unspecified atom stereocenters. The zero-order valence-corrected chi connectivity index (χ0v) is 11.8. The first-order valence-electron chi connectivity index (χ1n) is 7.29. The van der Waals surface area contributed by atoms with Crippen LogP contribution in [0.4, 0.5) is 0 Å². The molecule has 0 saturated carbocycles. The molecule has 0 bridgehead atoms. The maximum atomic E-state index is 12.4. The molecule has 2 heterocycles. The number of nitrogens with one attached hydrogen (secondary N) is 2. The Morgan fingerprint density at radius 1 is 1.21 bits per heavy atom. The van der Waals surface area contributed by atoms with Gasteiger partial charge in [0.25, 0.3) is 0 Å². The van der Waals surface area contributed by atoms with E-state index in [1.54, 1.807) is 0 Å². The van der Waals surface area contributed by atoms with Gasteiger partial charge in [0, 0.05) is 45.3 Å². The monoisotopic (exact) mass is 270 g/mol. The fourth-order valence-electron chi connectivity index (χ4n) is 2.73. The molecule has 6 nitrogen and oxygen atoms in total. The number of hydrogen-bond acceptors (Lipinski definition) is 5. The highest BCUT2D eigenvalue weighted by molar-refractivity contribution is 5.82. The molecule has 3 N–H and O–H groups in total. The highest BCUT2D eigenvalue weighted by Gasteiger charge is 2.28. The first-order valence-corrected chi connectivity index (χ1v) is 7.29. The number of β-amino-alcohol motifs (C(OH)–C–C–N with tert-alkyl or cyclic N) is 1. The molecule has 2 aliphatic rings. The molecule has 2 saturated heterocycles. The summed E-state index contributed by atoms with van der Waals surface area (Å²) in [6, 6.07) is 0.355. The van der Waals surface area contributed by atoms with Gasteiger partial charge >= 0.3 is 0 Å². The maximum absolute atomic E-state index is 12.4. The molecule has 6 heteroatoms. The van der Waals surface area contributed by atoms with Crippen LogP contribution < -0.4 is 10.6 Å². The van der Waals surface area contributed by atoms with E-state index in [9.17, 15) is 4.79 Å². The molecular formula is C13H26N4O2. The van der Waals surface area contributed by atoms with Crippen LogP contribution >= 0.6 is 0 Å². The van der Waals surface area contributed by atoms with Crippen LogP contribution in [0.1, 0.15) is 13.3 Å². The van der Waals surface area contributed by atoms with Crippen molar-refractivity contribution in [2.24, 2.45) is 0 Å². The molecular weight excluding hydrogens is 244 g/mol. The normalized spacial score (nSPS) is 30.1. The lowest BCUT2D eigenvalue weighted by molar-refractivity contribution is -0.133. The van der Waals surface area contributed by atoms with Crippen molar-refractivity contribution in [1.29, 1.82) is 0 Å². The second-order valence-electron chi connectivity index (χ2n) is 5.51. The fourth-order valence-corrected chi connectivity index (χ4v) is 2.73. The second-order valence-corrected chi connectivity index (χ2v) is 5.51. The van der Waals surface area contributed by atoms with E-state index in [1.165, 1.54) is 0 Å². The van der Waals surface area contributed by atoms with Crippen molar-refractivity contribution in [3.63, 3.8) is 0 Å². The molecule has 0 radical (unpaired) electrons. The molecule has 19 heavy (non-hydrogen) atoms. The summed E-state index contributed by atoms with van der Waals surface area (Å²) in [4.78, 5) is 16.6. The number of carbonyl (C=O) groups is 1. The molecule has 1 amide bonds. The highest BCUT2D eigenvalue weighted by Crippen LogP contribution is 2.06. The van der Waals surface area contributed by atoms with Gasteiger partial charge in [-0.3, -0.25) is 9.69 Å². The first-order chi connectivity index (χ1) is 9.20. The van der Waals surface area contributed by atoms with Gasteiger partial charge < -0.3 is 20.6 Å². The predicted octanol–water partition coefficient (Wildman–Crippen LogP) is -1.54. The molecule has 110 valence electrons. The van der Waals surface area contributed by atoms with Crippen molar-refractivity contribution in [1.82, 2.24) is 20.4 Å². The summed E-state index contributed by atoms with van der Waals surface area (Å²) < 4.78 is 0. The van der Waals surface area contributed by atoms with E-state index in [0.29, 0.717) is 12.6 Å². The summed E-state index contributed by atoms with van der Waals surface area (Å²) in [7, 11) is 0. The summed E-state index contributed by atoms with van der Waals surface area (Å²) in [6.07, 6.45) is 0.988. The molecule has 0 spiro atoms. The first kappa shape index (κ1) is 14.7. The lowest BCUT2D eigenvalue weighted by atomic mass is 10.1. The Morgan fingerprint density at radius 2 is 2.05 bits per heavy atom. The second kappa shape index (κ2) is 7.19. The number of amides is 1. The zero-order valence-electron chi connectivity index (χ0n) is 11.8. The van der Waals surface area contributed by atoms with Gasteiger partial charge in [0.2, 0.25) is 5.91 Å². The molecule has 0 aliphatic carbocycles. The van der Waals surface area contributed by atoms with Gasteiger partial charge in [0.1, 0.15) is 0 Å². The largest absolute Gasteiger partial charge is 0.395 e. The number of nitrogens with zero attached hydrogens (tertiary/aromatic N) is 2. The number of hydrogen-bond donors (Lipinski definition) is 3. The molecule has 2 aliphatic heterocycles. The molecule has 2 atom stereocenters. The molecule has 2 rings (SSSR count). The van der Waals surface area contributed by atoms with Crippen LogP contribution in [0.5, 0.6) is 0 Å². The van der Waals surface area contributed by atoms with Crippen molar-refractivity contribution in [3.05, 3.63) is 0 Å². The van der Waals surface area contributed by atoms with E-state index in [0.717, 1.165) is 45.7 Å². The van der Waals surface area contributed by atoms with Crippen LogP contribution in [0.15, 0.2) is 0 Å². The standard InChI is InChI=1S/C13H26N4O2/c1-11-9-15-12(10-14-11)13(19)17-4-2-3-16(5-6-17)7-8-18/h11-12,14-15,18H,2-10H2,1H3. The van der Waals surface area contributed by atoms with E-state index < -0.39 is 0 Å². The summed E-state index contributed by atoms with van der Waals surface area (Å²) in [5.74, 6) is 0.213. The van der Waals surface area contributed by atoms with Gasteiger partial charge in [-0.15, -0.1) is 0 Å². The van der Waals surface area contributed by atoms with Gasteiger partial charge in [-0.25, -0.2) is 0 Å². The summed E-state index contributed by atoms with van der Waals surface area (Å²) >= 11 is 0. The minimum absolute atomic E-state index is 0.0828. The SMILES string of the molecule is CC1CNC(C(=O)N2CCCN(CCO)CC2)CN1. The molecule has 0 aromatic rings. The summed E-state index contributed by atoms with van der Waals surface area (Å²) in [6.45, 7) is 8.02. The number of carbonyl (C=O) groups excluding carboxylic acids is 1. The van der Waals surface area contributed by atoms with E-state index in [4.69, 9.17) is 5.11 Å². The number of aliphatic hydroxyl groups excluding tert-OH is 1. The van der Waals surface area contributed by atoms with Gasteiger partial charge in [-0.1, -0.05) is 0 Å². The number of piperazine rings is 1. The predicted molar refractivity (Wildman–Crippen MR) is 74.0 cm³/mol. The summed E-state index contributed by atoms with van der Waals surface area (Å²) in [5.41, 5.74) is 0. The van der Waals surface area contributed by atoms with Crippen molar-refractivity contribution in [2.45, 2.75) is 25.4 Å². The van der Waals surface area contributed by atoms with Gasteiger partial charge in [0.05, 0.1) is 12.6 Å². The minimum atomic E-state index is -0.0828. The van der Waals surface area contributed by atoms with Crippen LogP contribution in [0, 0.1) is 0 Å². The fraction of sp³-hybridized carbons (Fsp3) is 0.923. The van der Waals surface area contributed by atoms with Crippen LogP contribution in [0.3, 0.4) is 0 Å². The van der Waals surface area contributed by atoms with Crippen LogP contribution in [0.2, 0.25) is 0 Å². The van der Waals surface area contributed by atoms with Crippen molar-refractivity contribution >= 4 is 5.91 Å². The minimum Gasteiger partial charge on any atom is -0.395 e. The maximum Gasteiger partial charge on any atom is 0.241 e. The molecule has 0 aromatic heterocycles. The van der Waals surface area contributed by atoms with Crippen molar-refractivity contribution in [2.75, 3.05) is 52.4 Å². The summed E-state index contributed by atoms with van der Waals surface area (Å²) in [5, 5.41) is 15.6. The average Bonchev–Trinajstić information content (AvgIpc) is 2.65. The molecule has 0 aromatic carbocycles. The van der Waals surface area contributed by atoms with Gasteiger partial charge in [-0.2, -0.15) is 0 Å². The third-order valence-corrected chi connectivity index (χ3v) is 3.96. The highest BCUT2D eigenvalue weighted by atomic mass is 16.3. The quantitative estimate of drug-likeness (QED) is 0.580. The molecule has 2 fully saturated rings. The van der Waals surface area contributed by atoms with Gasteiger partial charge in [-0.05, 0) is 19.9 Å². The number of rotatable bonds is 3. The Morgan fingerprint density at radius 3 is 2.74 bits per heavy atom. The van der Waals surface area contributed by atoms with Crippen LogP contribution in [0.25, 0.3) is 0 Å². The third-order valence-electron chi connectivity index (χ3n) is 3.96. The zero-order chi connectivity index (χ0) is 13.7. The topological polar surface area (TPSA) is 67.8 Å². The Labute approximate surface area is 115 Å². The van der Waals surface area contributed by atoms with Crippen molar-refractivity contribution < 1.29 is 9.90 Å². The van der Waals surface area contributed by atoms with E-state index in [2.05, 4.69) is 22.5 Å². The smallest absolute Gasteiger partial charge is 0.241 e. The van der Waals surface area contributed by atoms with E-state index in [1.807, 2.05) is 4.90 Å². The Hall–Kier alpha value is -0.690. The van der Waals surface area contributed by atoms with Crippen LogP contribution in [-0.2, 0) is 4.79 Å². The Kier molecular flexibility index (Phi) is 5.57.